The summed E-state index contributed by atoms with van der Waals surface area (Å²) >= 11 is 8.40. The van der Waals surface area contributed by atoms with E-state index in [0.29, 0.717) is 27.7 Å². The van der Waals surface area contributed by atoms with E-state index in [4.69, 9.17) is 16.0 Å². The van der Waals surface area contributed by atoms with Crippen molar-refractivity contribution in [1.29, 1.82) is 0 Å². The highest BCUT2D eigenvalue weighted by molar-refractivity contribution is 14.1. The van der Waals surface area contributed by atoms with Crippen LogP contribution in [-0.2, 0) is 0 Å². The molecule has 0 saturated heterocycles. The Morgan fingerprint density at radius 2 is 1.81 bits per heavy atom. The molecule has 0 aliphatic carbocycles. The number of carbonyl (C=O) groups excluding carboxylic acids is 1. The maximum absolute atomic E-state index is 12.6. The molecular weight excluding hydrogens is 463 g/mol. The molecule has 3 aromatic carbocycles. The van der Waals surface area contributed by atoms with Gasteiger partial charge in [0.25, 0.3) is 5.91 Å². The second-order valence-electron chi connectivity index (χ2n) is 5.62. The van der Waals surface area contributed by atoms with Crippen LogP contribution in [0.25, 0.3) is 22.6 Å². The Hall–Kier alpha value is -2.38. The zero-order chi connectivity index (χ0) is 18.1. The molecule has 0 unspecified atom stereocenters. The van der Waals surface area contributed by atoms with Crippen LogP contribution in [0.5, 0.6) is 0 Å². The smallest absolute Gasteiger partial charge is 0.256 e. The first kappa shape index (κ1) is 17.1. The average molecular weight is 475 g/mol. The Morgan fingerprint density at radius 3 is 2.62 bits per heavy atom. The molecule has 1 heterocycles. The van der Waals surface area contributed by atoms with Gasteiger partial charge in [0.05, 0.1) is 16.3 Å². The summed E-state index contributed by atoms with van der Waals surface area (Å²) in [5, 5.41) is 3.31. The largest absolute Gasteiger partial charge is 0.436 e. The van der Waals surface area contributed by atoms with Crippen molar-refractivity contribution in [2.75, 3.05) is 5.32 Å². The number of nitrogens with zero attached hydrogens (tertiary/aromatic N) is 1. The second-order valence-corrected chi connectivity index (χ2v) is 7.18. The van der Waals surface area contributed by atoms with Crippen molar-refractivity contribution in [3.8, 4) is 11.5 Å². The van der Waals surface area contributed by atoms with Crippen LogP contribution in [-0.4, -0.2) is 10.9 Å². The van der Waals surface area contributed by atoms with Crippen molar-refractivity contribution >= 4 is 56.9 Å². The molecule has 4 rings (SSSR count). The summed E-state index contributed by atoms with van der Waals surface area (Å²) in [7, 11) is 0. The number of rotatable bonds is 3. The van der Waals surface area contributed by atoms with E-state index in [0.717, 1.165) is 14.7 Å². The number of para-hydroxylation sites is 2. The molecule has 4 nitrogen and oxygen atoms in total. The topological polar surface area (TPSA) is 55.1 Å². The Balaban J connectivity index is 1.68. The predicted octanol–water partition coefficient (Wildman–Crippen LogP) is 6.01. The summed E-state index contributed by atoms with van der Waals surface area (Å²) in [4.78, 5) is 17.0. The molecule has 4 aromatic rings. The molecule has 1 aromatic heterocycles. The van der Waals surface area contributed by atoms with Gasteiger partial charge in [0.2, 0.25) is 5.89 Å². The number of aromatic nitrogens is 1. The van der Waals surface area contributed by atoms with E-state index in [1.165, 1.54) is 0 Å². The Bertz CT molecular complexity index is 1090. The van der Waals surface area contributed by atoms with Gasteiger partial charge < -0.3 is 9.73 Å². The summed E-state index contributed by atoms with van der Waals surface area (Å²) in [6.07, 6.45) is 0. The van der Waals surface area contributed by atoms with Gasteiger partial charge in [-0.3, -0.25) is 4.79 Å². The number of fused-ring (bicyclic) bond motifs is 1. The van der Waals surface area contributed by atoms with Crippen molar-refractivity contribution in [2.24, 2.45) is 0 Å². The van der Waals surface area contributed by atoms with E-state index in [-0.39, 0.29) is 5.91 Å². The van der Waals surface area contributed by atoms with E-state index in [2.05, 4.69) is 32.9 Å². The summed E-state index contributed by atoms with van der Waals surface area (Å²) < 4.78 is 6.66. The standard InChI is InChI=1S/C20H12ClIN2O2/c21-14-10-9-12(20-24-16-7-3-4-8-18(16)26-20)11-17(14)23-19(25)13-5-1-2-6-15(13)22/h1-11H,(H,23,25). The van der Waals surface area contributed by atoms with Crippen LogP contribution in [0, 0.1) is 3.57 Å². The number of hydrogen-bond donors (Lipinski definition) is 1. The maximum Gasteiger partial charge on any atom is 0.256 e. The van der Waals surface area contributed by atoms with E-state index in [1.54, 1.807) is 18.2 Å². The van der Waals surface area contributed by atoms with Crippen LogP contribution in [0.1, 0.15) is 10.4 Å². The first-order chi connectivity index (χ1) is 12.6. The summed E-state index contributed by atoms with van der Waals surface area (Å²) in [6.45, 7) is 0. The molecule has 0 aliphatic heterocycles. The Labute approximate surface area is 168 Å². The number of amides is 1. The van der Waals surface area contributed by atoms with Crippen LogP contribution in [0.2, 0.25) is 5.02 Å². The number of nitrogens with one attached hydrogen (secondary N) is 1. The first-order valence-corrected chi connectivity index (χ1v) is 9.29. The fraction of sp³-hybridized carbons (Fsp3) is 0. The lowest BCUT2D eigenvalue weighted by Crippen LogP contribution is -2.13. The van der Waals surface area contributed by atoms with E-state index < -0.39 is 0 Å². The summed E-state index contributed by atoms with van der Waals surface area (Å²) in [5.41, 5.74) is 3.33. The average Bonchev–Trinajstić information content (AvgIpc) is 3.08. The monoisotopic (exact) mass is 474 g/mol. The zero-order valence-electron chi connectivity index (χ0n) is 13.4. The van der Waals surface area contributed by atoms with Gasteiger partial charge in [-0.2, -0.15) is 0 Å². The number of benzene rings is 3. The van der Waals surface area contributed by atoms with Crippen LogP contribution in [0.15, 0.2) is 71.1 Å². The number of anilines is 1. The van der Waals surface area contributed by atoms with Crippen molar-refractivity contribution < 1.29 is 9.21 Å². The van der Waals surface area contributed by atoms with Crippen LogP contribution >= 0.6 is 34.2 Å². The van der Waals surface area contributed by atoms with E-state index >= 15 is 0 Å². The van der Waals surface area contributed by atoms with Crippen molar-refractivity contribution in [3.63, 3.8) is 0 Å². The third-order valence-corrected chi connectivity index (χ3v) is 5.14. The van der Waals surface area contributed by atoms with Crippen LogP contribution in [0.3, 0.4) is 0 Å². The predicted molar refractivity (Wildman–Crippen MR) is 112 cm³/mol. The van der Waals surface area contributed by atoms with E-state index in [9.17, 15) is 4.79 Å². The lowest BCUT2D eigenvalue weighted by Gasteiger charge is -2.09. The van der Waals surface area contributed by atoms with Gasteiger partial charge in [-0.25, -0.2) is 4.98 Å². The number of hydrogen-bond acceptors (Lipinski definition) is 3. The molecule has 1 N–H and O–H groups in total. The minimum Gasteiger partial charge on any atom is -0.436 e. The fourth-order valence-electron chi connectivity index (χ4n) is 2.58. The van der Waals surface area contributed by atoms with Crippen molar-refractivity contribution in [1.82, 2.24) is 4.98 Å². The molecule has 128 valence electrons. The van der Waals surface area contributed by atoms with E-state index in [1.807, 2.05) is 48.5 Å². The number of halogens is 2. The molecular formula is C20H12ClIN2O2. The first-order valence-electron chi connectivity index (χ1n) is 7.83. The minimum atomic E-state index is -0.216. The molecule has 0 fully saturated rings. The summed E-state index contributed by atoms with van der Waals surface area (Å²) in [5.74, 6) is 0.263. The number of carbonyl (C=O) groups is 1. The fourth-order valence-corrected chi connectivity index (χ4v) is 3.38. The van der Waals surface area contributed by atoms with Gasteiger partial charge in [-0.1, -0.05) is 35.9 Å². The third kappa shape index (κ3) is 3.32. The van der Waals surface area contributed by atoms with Crippen molar-refractivity contribution in [2.45, 2.75) is 0 Å². The lowest BCUT2D eigenvalue weighted by atomic mass is 10.1. The van der Waals surface area contributed by atoms with Crippen LogP contribution in [0.4, 0.5) is 5.69 Å². The third-order valence-electron chi connectivity index (χ3n) is 3.87. The Kier molecular flexibility index (Phi) is 4.65. The van der Waals surface area contributed by atoms with Gasteiger partial charge in [0.1, 0.15) is 5.52 Å². The molecule has 0 saturated carbocycles. The highest BCUT2D eigenvalue weighted by atomic mass is 127. The Morgan fingerprint density at radius 1 is 1.04 bits per heavy atom. The van der Waals surface area contributed by atoms with Gasteiger partial charge in [-0.15, -0.1) is 0 Å². The SMILES string of the molecule is O=C(Nc1cc(-c2nc3ccccc3o2)ccc1Cl)c1ccccc1I. The number of oxazole rings is 1. The van der Waals surface area contributed by atoms with Gasteiger partial charge in [-0.05, 0) is 65.1 Å². The van der Waals surface area contributed by atoms with Crippen molar-refractivity contribution in [3.05, 3.63) is 80.9 Å². The quantitative estimate of drug-likeness (QED) is 0.370. The molecule has 0 spiro atoms. The molecule has 6 heteroatoms. The molecule has 0 radical (unpaired) electrons. The highest BCUT2D eigenvalue weighted by Crippen LogP contribution is 2.31. The second kappa shape index (κ2) is 7.09. The molecule has 0 aliphatic rings. The van der Waals surface area contributed by atoms with Gasteiger partial charge >= 0.3 is 0 Å². The molecule has 0 bridgehead atoms. The van der Waals surface area contributed by atoms with Crippen LogP contribution < -0.4 is 5.32 Å². The maximum atomic E-state index is 12.6. The van der Waals surface area contributed by atoms with Gasteiger partial charge in [0.15, 0.2) is 5.58 Å². The molecule has 1 amide bonds. The lowest BCUT2D eigenvalue weighted by molar-refractivity contribution is 0.102. The summed E-state index contributed by atoms with van der Waals surface area (Å²) in [6, 6.07) is 20.2. The molecule has 26 heavy (non-hydrogen) atoms. The normalized spacial score (nSPS) is 10.8. The minimum absolute atomic E-state index is 0.216. The molecule has 0 atom stereocenters. The van der Waals surface area contributed by atoms with Gasteiger partial charge in [0, 0.05) is 9.13 Å². The highest BCUT2D eigenvalue weighted by Gasteiger charge is 2.14. The zero-order valence-corrected chi connectivity index (χ0v) is 16.3.